The molecule has 1 spiro atoms. The van der Waals surface area contributed by atoms with E-state index in [9.17, 15) is 22.0 Å². The number of rotatable bonds is 6. The van der Waals surface area contributed by atoms with E-state index >= 15 is 0 Å². The smallest absolute Gasteiger partial charge is 0.375 e. The van der Waals surface area contributed by atoms with Crippen molar-refractivity contribution in [2.24, 2.45) is 0 Å². The molecule has 2 aromatic carbocycles. The average molecular weight is 453 g/mol. The third-order valence-electron chi connectivity index (χ3n) is 7.00. The van der Waals surface area contributed by atoms with Gasteiger partial charge in [0.05, 0.1) is 11.2 Å². The third-order valence-corrected chi connectivity index (χ3v) is 7.00. The van der Waals surface area contributed by atoms with Gasteiger partial charge in [-0.3, -0.25) is 0 Å². The van der Waals surface area contributed by atoms with E-state index in [1.54, 1.807) is 6.07 Å². The number of ether oxygens (including phenoxy) is 1. The van der Waals surface area contributed by atoms with Crippen molar-refractivity contribution in [1.82, 2.24) is 5.32 Å². The van der Waals surface area contributed by atoms with Crippen molar-refractivity contribution < 1.29 is 26.7 Å². The fourth-order valence-electron chi connectivity index (χ4n) is 5.46. The maximum Gasteiger partial charge on any atom is 0.416 e. The molecule has 1 aliphatic carbocycles. The van der Waals surface area contributed by atoms with Gasteiger partial charge in [-0.2, -0.15) is 13.2 Å². The topological polar surface area (TPSA) is 21.3 Å². The first-order valence-electron chi connectivity index (χ1n) is 11.2. The predicted octanol–water partition coefficient (Wildman–Crippen LogP) is 6.52. The Morgan fingerprint density at radius 3 is 2.34 bits per heavy atom. The highest BCUT2D eigenvalue weighted by atomic mass is 19.4. The molecule has 0 radical (unpaired) electrons. The van der Waals surface area contributed by atoms with Crippen molar-refractivity contribution in [2.45, 2.75) is 68.7 Å². The summed E-state index contributed by atoms with van der Waals surface area (Å²) in [6.07, 6.45) is 1.58. The van der Waals surface area contributed by atoms with Crippen LogP contribution in [-0.2, 0) is 22.9 Å². The molecule has 0 bridgehead atoms. The van der Waals surface area contributed by atoms with Crippen LogP contribution in [-0.4, -0.2) is 18.8 Å². The second kappa shape index (κ2) is 9.10. The predicted molar refractivity (Wildman–Crippen MR) is 112 cm³/mol. The van der Waals surface area contributed by atoms with Crippen LogP contribution < -0.4 is 5.32 Å². The molecule has 1 N–H and O–H groups in total. The molecular formula is C25H28F5NO. The van der Waals surface area contributed by atoms with Gasteiger partial charge >= 0.3 is 6.18 Å². The Kier molecular flexibility index (Phi) is 6.59. The summed E-state index contributed by atoms with van der Waals surface area (Å²) >= 11 is 0. The first-order valence-corrected chi connectivity index (χ1v) is 11.2. The highest BCUT2D eigenvalue weighted by Gasteiger charge is 2.48. The molecule has 7 heteroatoms. The minimum Gasteiger partial charge on any atom is -0.375 e. The zero-order chi connectivity index (χ0) is 22.8. The standard InChI is InChI=1S/C25H28F5NO/c26-21-12-18(13-22(27)15-21)16-31-10-8-23(9-11-32-24(17-23)6-1-2-7-24)19-4-3-5-20(14-19)25(28,29)30/h3-5,12-15,31H,1-2,6-11,16-17H2/t23-/m0/s1. The van der Waals surface area contributed by atoms with Crippen molar-refractivity contribution in [3.8, 4) is 0 Å². The van der Waals surface area contributed by atoms with Crippen LogP contribution in [0.4, 0.5) is 22.0 Å². The second-order valence-electron chi connectivity index (χ2n) is 9.23. The monoisotopic (exact) mass is 453 g/mol. The van der Waals surface area contributed by atoms with Gasteiger partial charge in [0.15, 0.2) is 0 Å². The van der Waals surface area contributed by atoms with Gasteiger partial charge in [0.2, 0.25) is 0 Å². The number of alkyl halides is 3. The molecule has 1 saturated carbocycles. The first-order chi connectivity index (χ1) is 15.2. The molecule has 2 fully saturated rings. The van der Waals surface area contributed by atoms with E-state index in [4.69, 9.17) is 4.74 Å². The molecule has 2 aromatic rings. The van der Waals surface area contributed by atoms with Crippen LogP contribution in [0, 0.1) is 11.6 Å². The van der Waals surface area contributed by atoms with Gasteiger partial charge in [0.25, 0.3) is 0 Å². The summed E-state index contributed by atoms with van der Waals surface area (Å²) in [6, 6.07) is 9.07. The second-order valence-corrected chi connectivity index (χ2v) is 9.23. The maximum atomic E-state index is 13.4. The van der Waals surface area contributed by atoms with Crippen molar-refractivity contribution in [2.75, 3.05) is 13.2 Å². The van der Waals surface area contributed by atoms with Crippen LogP contribution in [0.2, 0.25) is 0 Å². The number of hydrogen-bond acceptors (Lipinski definition) is 2. The van der Waals surface area contributed by atoms with Gasteiger partial charge in [-0.05, 0) is 68.0 Å². The lowest BCUT2D eigenvalue weighted by Gasteiger charge is -2.47. The Hall–Kier alpha value is -1.99. The molecule has 2 nitrogen and oxygen atoms in total. The number of halogens is 5. The number of hydrogen-bond donors (Lipinski definition) is 1. The lowest BCUT2D eigenvalue weighted by Crippen LogP contribution is -2.47. The Morgan fingerprint density at radius 2 is 1.66 bits per heavy atom. The molecule has 32 heavy (non-hydrogen) atoms. The Labute approximate surface area is 185 Å². The van der Waals surface area contributed by atoms with Gasteiger partial charge in [-0.15, -0.1) is 0 Å². The van der Waals surface area contributed by atoms with Crippen molar-refractivity contribution in [3.05, 3.63) is 70.8 Å². The summed E-state index contributed by atoms with van der Waals surface area (Å²) in [6.45, 7) is 1.32. The van der Waals surface area contributed by atoms with Gasteiger partial charge in [-0.25, -0.2) is 8.78 Å². The van der Waals surface area contributed by atoms with Crippen molar-refractivity contribution in [3.63, 3.8) is 0 Å². The summed E-state index contributed by atoms with van der Waals surface area (Å²) < 4.78 is 73.3. The molecule has 0 unspecified atom stereocenters. The molecular weight excluding hydrogens is 425 g/mol. The fourth-order valence-corrected chi connectivity index (χ4v) is 5.46. The molecule has 1 heterocycles. The molecule has 1 atom stereocenters. The first kappa shape index (κ1) is 23.2. The highest BCUT2D eigenvalue weighted by molar-refractivity contribution is 5.33. The van der Waals surface area contributed by atoms with Crippen LogP contribution >= 0.6 is 0 Å². The molecule has 2 aliphatic rings. The largest absolute Gasteiger partial charge is 0.416 e. The van der Waals surface area contributed by atoms with Crippen molar-refractivity contribution >= 4 is 0 Å². The molecule has 1 saturated heterocycles. The van der Waals surface area contributed by atoms with E-state index in [-0.39, 0.29) is 12.1 Å². The lowest BCUT2D eigenvalue weighted by atomic mass is 9.66. The Balaban J connectivity index is 1.54. The zero-order valence-corrected chi connectivity index (χ0v) is 17.9. The van der Waals surface area contributed by atoms with Crippen molar-refractivity contribution in [1.29, 1.82) is 0 Å². The normalized spacial score (nSPS) is 23.0. The summed E-state index contributed by atoms with van der Waals surface area (Å²) in [5.74, 6) is -1.26. The van der Waals surface area contributed by atoms with E-state index in [0.29, 0.717) is 43.5 Å². The van der Waals surface area contributed by atoms with E-state index in [0.717, 1.165) is 37.8 Å². The average Bonchev–Trinajstić information content (AvgIpc) is 3.17. The molecule has 174 valence electrons. The van der Waals surface area contributed by atoms with Gasteiger partial charge in [0, 0.05) is 24.6 Å². The van der Waals surface area contributed by atoms with Crippen LogP contribution in [0.15, 0.2) is 42.5 Å². The van der Waals surface area contributed by atoms with E-state index in [1.165, 1.54) is 24.3 Å². The SMILES string of the molecule is Fc1cc(F)cc(CNCC[C@]2(c3cccc(C(F)(F)F)c3)CCOC3(CCCC3)C2)c1. The van der Waals surface area contributed by atoms with Crippen LogP contribution in [0.1, 0.15) is 61.6 Å². The van der Waals surface area contributed by atoms with Gasteiger partial charge in [0.1, 0.15) is 11.6 Å². The number of benzene rings is 2. The summed E-state index contributed by atoms with van der Waals surface area (Å²) in [4.78, 5) is 0. The van der Waals surface area contributed by atoms with Gasteiger partial charge < -0.3 is 10.1 Å². The molecule has 4 rings (SSSR count). The van der Waals surface area contributed by atoms with Gasteiger partial charge in [-0.1, -0.05) is 31.0 Å². The minimum absolute atomic E-state index is 0.266. The van der Waals surface area contributed by atoms with E-state index < -0.39 is 28.8 Å². The zero-order valence-electron chi connectivity index (χ0n) is 17.9. The van der Waals surface area contributed by atoms with Crippen LogP contribution in [0.25, 0.3) is 0 Å². The van der Waals surface area contributed by atoms with Crippen LogP contribution in [0.5, 0.6) is 0 Å². The third kappa shape index (κ3) is 5.15. The summed E-state index contributed by atoms with van der Waals surface area (Å²) in [5.41, 5.74) is -0.151. The lowest BCUT2D eigenvalue weighted by molar-refractivity contribution is -0.137. The summed E-state index contributed by atoms with van der Waals surface area (Å²) in [7, 11) is 0. The minimum atomic E-state index is -4.40. The van der Waals surface area contributed by atoms with Crippen LogP contribution in [0.3, 0.4) is 0 Å². The number of nitrogens with one attached hydrogen (secondary N) is 1. The quantitative estimate of drug-likeness (QED) is 0.397. The summed E-state index contributed by atoms with van der Waals surface area (Å²) in [5, 5.41) is 3.23. The maximum absolute atomic E-state index is 13.4. The fraction of sp³-hybridized carbons (Fsp3) is 0.520. The highest BCUT2D eigenvalue weighted by Crippen LogP contribution is 2.50. The molecule has 0 amide bonds. The molecule has 0 aromatic heterocycles. The molecule has 1 aliphatic heterocycles. The van der Waals surface area contributed by atoms with E-state index in [2.05, 4.69) is 5.32 Å². The Morgan fingerprint density at radius 1 is 0.938 bits per heavy atom. The van der Waals surface area contributed by atoms with E-state index in [1.807, 2.05) is 0 Å². The Bertz CT molecular complexity index is 918.